The maximum atomic E-state index is 12.2. The Bertz CT molecular complexity index is 911. The molecule has 2 N–H and O–H groups in total. The van der Waals surface area contributed by atoms with E-state index in [1.54, 1.807) is 37.3 Å². The number of amides is 2. The molecule has 28 heavy (non-hydrogen) atoms. The van der Waals surface area contributed by atoms with Gasteiger partial charge in [-0.1, -0.05) is 23.7 Å². The van der Waals surface area contributed by atoms with Gasteiger partial charge in [-0.2, -0.15) is 0 Å². The Kier molecular flexibility index (Phi) is 7.18. The summed E-state index contributed by atoms with van der Waals surface area (Å²) in [4.78, 5) is 36.3. The third-order valence-electron chi connectivity index (χ3n) is 4.37. The molecular formula is C21H23ClN2O4. The fraction of sp³-hybridized carbons (Fsp3) is 0.286. The summed E-state index contributed by atoms with van der Waals surface area (Å²) >= 11 is 6.02. The average molecular weight is 403 g/mol. The first-order valence-corrected chi connectivity index (χ1v) is 9.17. The third kappa shape index (κ3) is 5.57. The predicted molar refractivity (Wildman–Crippen MR) is 109 cm³/mol. The molecule has 0 fully saturated rings. The Hall–Kier alpha value is -2.86. The smallest absolute Gasteiger partial charge is 0.326 e. The lowest BCUT2D eigenvalue weighted by atomic mass is 10.1. The largest absolute Gasteiger partial charge is 0.451 e. The lowest BCUT2D eigenvalue weighted by molar-refractivity contribution is -0.152. The van der Waals surface area contributed by atoms with Crippen LogP contribution in [-0.2, 0) is 14.3 Å². The van der Waals surface area contributed by atoms with Crippen LogP contribution < -0.4 is 10.6 Å². The molecule has 6 nitrogen and oxygen atoms in total. The molecule has 7 heteroatoms. The summed E-state index contributed by atoms with van der Waals surface area (Å²) in [6.07, 6.45) is -1.02. The second kappa shape index (κ2) is 9.37. The highest BCUT2D eigenvalue weighted by Gasteiger charge is 2.19. The monoisotopic (exact) mass is 402 g/mol. The molecule has 0 saturated carbocycles. The second-order valence-corrected chi connectivity index (χ2v) is 6.92. The first-order valence-electron chi connectivity index (χ1n) is 8.80. The first kappa shape index (κ1) is 21.4. The van der Waals surface area contributed by atoms with Crippen LogP contribution in [0.2, 0.25) is 5.02 Å². The van der Waals surface area contributed by atoms with E-state index in [4.69, 9.17) is 16.3 Å². The Morgan fingerprint density at radius 1 is 1.07 bits per heavy atom. The maximum absolute atomic E-state index is 12.2. The zero-order valence-corrected chi connectivity index (χ0v) is 17.0. The number of rotatable bonds is 6. The Morgan fingerprint density at radius 3 is 2.46 bits per heavy atom. The topological polar surface area (TPSA) is 84.5 Å². The van der Waals surface area contributed by atoms with Crippen molar-refractivity contribution in [2.75, 3.05) is 11.9 Å². The van der Waals surface area contributed by atoms with Gasteiger partial charge in [0.05, 0.1) is 0 Å². The summed E-state index contributed by atoms with van der Waals surface area (Å²) in [5.41, 5.74) is 3.78. The van der Waals surface area contributed by atoms with E-state index < -0.39 is 18.0 Å². The summed E-state index contributed by atoms with van der Waals surface area (Å²) in [5, 5.41) is 5.69. The third-order valence-corrected chi connectivity index (χ3v) is 4.77. The quantitative estimate of drug-likeness (QED) is 0.723. The first-order chi connectivity index (χ1) is 13.2. The van der Waals surface area contributed by atoms with Crippen molar-refractivity contribution in [3.05, 3.63) is 63.7 Å². The minimum absolute atomic E-state index is 0.334. The number of hydrogen-bond acceptors (Lipinski definition) is 4. The van der Waals surface area contributed by atoms with E-state index in [0.29, 0.717) is 16.3 Å². The predicted octanol–water partition coefficient (Wildman–Crippen LogP) is 3.57. The van der Waals surface area contributed by atoms with Gasteiger partial charge in [0, 0.05) is 16.3 Å². The van der Waals surface area contributed by atoms with Crippen molar-refractivity contribution in [2.24, 2.45) is 0 Å². The number of esters is 1. The number of carbonyl (C=O) groups is 3. The molecule has 0 aliphatic carbocycles. The van der Waals surface area contributed by atoms with Crippen molar-refractivity contribution in [1.82, 2.24) is 5.32 Å². The average Bonchev–Trinajstić information content (AvgIpc) is 2.65. The molecule has 0 radical (unpaired) electrons. The zero-order chi connectivity index (χ0) is 20.8. The second-order valence-electron chi connectivity index (χ2n) is 6.52. The van der Waals surface area contributed by atoms with Crippen LogP contribution in [-0.4, -0.2) is 30.4 Å². The fourth-order valence-corrected chi connectivity index (χ4v) is 2.58. The number of hydrogen-bond donors (Lipinski definition) is 2. The van der Waals surface area contributed by atoms with E-state index in [2.05, 4.69) is 10.6 Å². The maximum Gasteiger partial charge on any atom is 0.326 e. The Morgan fingerprint density at radius 2 is 1.79 bits per heavy atom. The van der Waals surface area contributed by atoms with Crippen LogP contribution in [0.5, 0.6) is 0 Å². The summed E-state index contributed by atoms with van der Waals surface area (Å²) in [6.45, 7) is 6.75. The van der Waals surface area contributed by atoms with Crippen molar-refractivity contribution in [1.29, 1.82) is 0 Å². The molecule has 2 rings (SSSR count). The van der Waals surface area contributed by atoms with Crippen LogP contribution in [0.15, 0.2) is 36.4 Å². The molecule has 2 amide bonds. The highest BCUT2D eigenvalue weighted by atomic mass is 35.5. The summed E-state index contributed by atoms with van der Waals surface area (Å²) in [7, 11) is 0. The number of ether oxygens (including phenoxy) is 1. The molecule has 0 unspecified atom stereocenters. The molecule has 148 valence electrons. The van der Waals surface area contributed by atoms with Crippen LogP contribution in [0.4, 0.5) is 5.69 Å². The van der Waals surface area contributed by atoms with Gasteiger partial charge >= 0.3 is 5.97 Å². The minimum atomic E-state index is -1.02. The van der Waals surface area contributed by atoms with Crippen molar-refractivity contribution in [3.8, 4) is 0 Å². The van der Waals surface area contributed by atoms with Crippen molar-refractivity contribution in [3.63, 3.8) is 0 Å². The van der Waals surface area contributed by atoms with Gasteiger partial charge in [-0.05, 0) is 68.7 Å². The number of aryl methyl sites for hydroxylation is 2. The zero-order valence-electron chi connectivity index (χ0n) is 16.3. The van der Waals surface area contributed by atoms with Gasteiger partial charge in [0.1, 0.15) is 6.54 Å². The van der Waals surface area contributed by atoms with Crippen LogP contribution in [0.1, 0.15) is 34.0 Å². The van der Waals surface area contributed by atoms with Gasteiger partial charge in [0.2, 0.25) is 0 Å². The van der Waals surface area contributed by atoms with Gasteiger partial charge in [-0.3, -0.25) is 14.4 Å². The molecule has 1 atom stereocenters. The van der Waals surface area contributed by atoms with E-state index in [-0.39, 0.29) is 12.5 Å². The Labute approximate surface area is 169 Å². The van der Waals surface area contributed by atoms with E-state index in [1.807, 2.05) is 19.9 Å². The molecule has 2 aromatic carbocycles. The van der Waals surface area contributed by atoms with Crippen LogP contribution in [0.25, 0.3) is 0 Å². The molecule has 0 aliphatic rings. The number of nitrogens with one attached hydrogen (secondary N) is 2. The normalized spacial score (nSPS) is 11.5. The van der Waals surface area contributed by atoms with Gasteiger partial charge in [0.15, 0.2) is 6.10 Å². The molecule has 0 spiro atoms. The lowest BCUT2D eigenvalue weighted by Gasteiger charge is -2.15. The van der Waals surface area contributed by atoms with Crippen LogP contribution in [0, 0.1) is 20.8 Å². The van der Waals surface area contributed by atoms with E-state index in [1.165, 1.54) is 6.92 Å². The summed E-state index contributed by atoms with van der Waals surface area (Å²) in [5.74, 6) is -1.58. The van der Waals surface area contributed by atoms with Crippen LogP contribution >= 0.6 is 11.6 Å². The van der Waals surface area contributed by atoms with E-state index >= 15 is 0 Å². The summed E-state index contributed by atoms with van der Waals surface area (Å²) in [6, 6.07) is 10.4. The van der Waals surface area contributed by atoms with Crippen LogP contribution in [0.3, 0.4) is 0 Å². The van der Waals surface area contributed by atoms with Gasteiger partial charge in [-0.15, -0.1) is 0 Å². The molecule has 2 aromatic rings. The lowest BCUT2D eigenvalue weighted by Crippen LogP contribution is -2.36. The van der Waals surface area contributed by atoms with E-state index in [0.717, 1.165) is 16.7 Å². The highest BCUT2D eigenvalue weighted by molar-refractivity contribution is 6.31. The van der Waals surface area contributed by atoms with Crippen molar-refractivity contribution >= 4 is 35.1 Å². The minimum Gasteiger partial charge on any atom is -0.451 e. The molecule has 0 aromatic heterocycles. The Balaban J connectivity index is 1.86. The molecular weight excluding hydrogens is 380 g/mol. The van der Waals surface area contributed by atoms with E-state index in [9.17, 15) is 14.4 Å². The number of halogens is 1. The number of anilines is 1. The summed E-state index contributed by atoms with van der Waals surface area (Å²) < 4.78 is 5.08. The fourth-order valence-electron chi connectivity index (χ4n) is 2.41. The highest BCUT2D eigenvalue weighted by Crippen LogP contribution is 2.23. The molecule has 0 aliphatic heterocycles. The van der Waals surface area contributed by atoms with Crippen molar-refractivity contribution in [2.45, 2.75) is 33.8 Å². The standard InChI is InChI=1S/C21H23ClN2O4/c1-12-8-9-16(10-13(12)2)21(27)23-11-19(25)28-15(4)20(26)24-18-7-5-6-17(22)14(18)3/h5-10,15H,11H2,1-4H3,(H,23,27)(H,24,26)/t15-/m0/s1. The number of carbonyl (C=O) groups excluding carboxylic acids is 3. The molecule has 0 saturated heterocycles. The van der Waals surface area contributed by atoms with Gasteiger partial charge < -0.3 is 15.4 Å². The van der Waals surface area contributed by atoms with Crippen molar-refractivity contribution < 1.29 is 19.1 Å². The SMILES string of the molecule is Cc1ccc(C(=O)NCC(=O)O[C@@H](C)C(=O)Nc2cccc(Cl)c2C)cc1C. The molecule has 0 heterocycles. The molecule has 0 bridgehead atoms. The van der Waals surface area contributed by atoms with Gasteiger partial charge in [0.25, 0.3) is 11.8 Å². The van der Waals surface area contributed by atoms with Gasteiger partial charge in [-0.25, -0.2) is 0 Å². The number of benzene rings is 2.